The highest BCUT2D eigenvalue weighted by atomic mass is 19.1. The van der Waals surface area contributed by atoms with Crippen molar-refractivity contribution in [3.05, 3.63) is 107 Å². The average Bonchev–Trinajstić information content (AvgIpc) is 2.92. The number of unbranched alkanes of at least 4 members (excludes halogenated alkanes) is 5. The monoisotopic (exact) mass is 476 g/mol. The lowest BCUT2D eigenvalue weighted by molar-refractivity contribution is 0.632. The molecule has 0 radical (unpaired) electrons. The fourth-order valence-electron chi connectivity index (χ4n) is 4.66. The Morgan fingerprint density at radius 2 is 1.22 bits per heavy atom. The second kappa shape index (κ2) is 13.1. The van der Waals surface area contributed by atoms with Crippen LogP contribution in [0.25, 0.3) is 21.9 Å². The lowest BCUT2D eigenvalue weighted by atomic mass is 10.00. The van der Waals surface area contributed by atoms with Crippen molar-refractivity contribution >= 4 is 10.8 Å². The predicted molar refractivity (Wildman–Crippen MR) is 153 cm³/mol. The van der Waals surface area contributed by atoms with Crippen LogP contribution in [0.3, 0.4) is 0 Å². The summed E-state index contributed by atoms with van der Waals surface area (Å²) in [5, 5.41) is 1.58. The van der Waals surface area contributed by atoms with Gasteiger partial charge >= 0.3 is 0 Å². The first-order chi connectivity index (χ1) is 17.7. The topological polar surface area (TPSA) is 0 Å². The SMILES string of the molecule is CCCCCCCc1ccc(-c2ccc(C#Cc3ccc4cc(CCCC)ccc4c3F)cc2)cc1. The van der Waals surface area contributed by atoms with E-state index in [0.717, 1.165) is 36.6 Å². The summed E-state index contributed by atoms with van der Waals surface area (Å²) in [6.45, 7) is 4.44. The molecule has 0 aliphatic heterocycles. The van der Waals surface area contributed by atoms with E-state index in [1.165, 1.54) is 54.4 Å². The normalized spacial score (nSPS) is 10.9. The Hall–Kier alpha value is -3.37. The van der Waals surface area contributed by atoms with Gasteiger partial charge in [0.25, 0.3) is 0 Å². The summed E-state index contributed by atoms with van der Waals surface area (Å²) in [7, 11) is 0. The van der Waals surface area contributed by atoms with E-state index >= 15 is 4.39 Å². The Morgan fingerprint density at radius 1 is 0.583 bits per heavy atom. The molecule has 0 heterocycles. The molecule has 0 nitrogen and oxygen atoms in total. The lowest BCUT2D eigenvalue weighted by Crippen LogP contribution is -1.90. The van der Waals surface area contributed by atoms with E-state index < -0.39 is 0 Å². The van der Waals surface area contributed by atoms with Gasteiger partial charge in [-0.05, 0) is 71.5 Å². The van der Waals surface area contributed by atoms with E-state index in [2.05, 4.69) is 68.2 Å². The molecule has 0 saturated carbocycles. The van der Waals surface area contributed by atoms with Gasteiger partial charge in [-0.15, -0.1) is 0 Å². The minimum Gasteiger partial charge on any atom is -0.205 e. The molecule has 0 aliphatic rings. The van der Waals surface area contributed by atoms with Gasteiger partial charge in [0.2, 0.25) is 0 Å². The quantitative estimate of drug-likeness (QED) is 0.158. The zero-order valence-electron chi connectivity index (χ0n) is 21.7. The maximum absolute atomic E-state index is 15.1. The van der Waals surface area contributed by atoms with Crippen molar-refractivity contribution < 1.29 is 4.39 Å². The summed E-state index contributed by atoms with van der Waals surface area (Å²) in [5.41, 5.74) is 6.39. The Labute approximate surface area is 216 Å². The average molecular weight is 477 g/mol. The van der Waals surface area contributed by atoms with Gasteiger partial charge in [-0.25, -0.2) is 4.39 Å². The van der Waals surface area contributed by atoms with Crippen LogP contribution < -0.4 is 0 Å². The minimum absolute atomic E-state index is 0.232. The van der Waals surface area contributed by atoms with Crippen LogP contribution in [0, 0.1) is 17.7 Å². The molecular weight excluding hydrogens is 439 g/mol. The number of fused-ring (bicyclic) bond motifs is 1. The van der Waals surface area contributed by atoms with Crippen molar-refractivity contribution in [3.8, 4) is 23.0 Å². The standard InChI is InChI=1S/C35H37F/c1-3-5-7-8-9-11-27-12-18-30(19-13-27)31-20-14-28(15-21-31)16-22-32-23-24-33-26-29(10-6-4-2)17-25-34(33)35(32)36/h12-15,17-21,23-26H,3-11H2,1-2H3. The summed E-state index contributed by atoms with van der Waals surface area (Å²) in [6, 6.07) is 27.0. The highest BCUT2D eigenvalue weighted by Crippen LogP contribution is 2.24. The molecule has 0 saturated heterocycles. The van der Waals surface area contributed by atoms with E-state index in [1.54, 1.807) is 6.07 Å². The molecule has 1 heteroatoms. The zero-order valence-corrected chi connectivity index (χ0v) is 21.7. The maximum atomic E-state index is 15.1. The van der Waals surface area contributed by atoms with Crippen LogP contribution in [-0.4, -0.2) is 0 Å². The molecule has 4 aromatic carbocycles. The summed E-state index contributed by atoms with van der Waals surface area (Å²) >= 11 is 0. The highest BCUT2D eigenvalue weighted by Gasteiger charge is 2.07. The minimum atomic E-state index is -0.232. The van der Waals surface area contributed by atoms with E-state index in [4.69, 9.17) is 0 Å². The van der Waals surface area contributed by atoms with Crippen molar-refractivity contribution in [1.29, 1.82) is 0 Å². The van der Waals surface area contributed by atoms with Crippen molar-refractivity contribution in [2.75, 3.05) is 0 Å². The summed E-state index contributed by atoms with van der Waals surface area (Å²) < 4.78 is 15.1. The number of benzene rings is 4. The number of rotatable bonds is 10. The number of hydrogen-bond donors (Lipinski definition) is 0. The van der Waals surface area contributed by atoms with Crippen molar-refractivity contribution in [3.63, 3.8) is 0 Å². The predicted octanol–water partition coefficient (Wildman–Crippen LogP) is 9.90. The molecule has 0 atom stereocenters. The fraction of sp³-hybridized carbons (Fsp3) is 0.314. The molecule has 4 aromatic rings. The van der Waals surface area contributed by atoms with Gasteiger partial charge < -0.3 is 0 Å². The van der Waals surface area contributed by atoms with Crippen molar-refractivity contribution in [2.24, 2.45) is 0 Å². The molecule has 0 aliphatic carbocycles. The van der Waals surface area contributed by atoms with E-state index in [1.807, 2.05) is 30.3 Å². The van der Waals surface area contributed by atoms with Crippen LogP contribution in [0.15, 0.2) is 78.9 Å². The molecule has 36 heavy (non-hydrogen) atoms. The third-order valence-electron chi connectivity index (χ3n) is 6.92. The molecule has 184 valence electrons. The summed E-state index contributed by atoms with van der Waals surface area (Å²) in [5.74, 6) is 5.95. The Balaban J connectivity index is 1.41. The number of hydrogen-bond acceptors (Lipinski definition) is 0. The number of aryl methyl sites for hydroxylation is 2. The van der Waals surface area contributed by atoms with Gasteiger partial charge in [-0.3, -0.25) is 0 Å². The summed E-state index contributed by atoms with van der Waals surface area (Å²) in [6.07, 6.45) is 11.1. The second-order valence-corrected chi connectivity index (χ2v) is 9.77. The van der Waals surface area contributed by atoms with E-state index in [0.29, 0.717) is 10.9 Å². The Bertz CT molecular complexity index is 1320. The molecule has 4 rings (SSSR count). The smallest absolute Gasteiger partial charge is 0.146 e. The van der Waals surface area contributed by atoms with E-state index in [9.17, 15) is 0 Å². The molecule has 0 bridgehead atoms. The Kier molecular flexibility index (Phi) is 9.34. The van der Waals surface area contributed by atoms with Crippen LogP contribution in [0.4, 0.5) is 4.39 Å². The van der Waals surface area contributed by atoms with Gasteiger partial charge in [0.15, 0.2) is 0 Å². The first-order valence-electron chi connectivity index (χ1n) is 13.6. The van der Waals surface area contributed by atoms with Gasteiger partial charge in [-0.1, -0.05) is 118 Å². The highest BCUT2D eigenvalue weighted by molar-refractivity contribution is 5.85. The zero-order chi connectivity index (χ0) is 25.2. The molecule has 0 fully saturated rings. The van der Waals surface area contributed by atoms with Gasteiger partial charge in [0, 0.05) is 10.9 Å². The van der Waals surface area contributed by atoms with Crippen molar-refractivity contribution in [2.45, 2.75) is 71.6 Å². The third kappa shape index (κ3) is 6.86. The van der Waals surface area contributed by atoms with Crippen LogP contribution in [0.2, 0.25) is 0 Å². The first-order valence-corrected chi connectivity index (χ1v) is 13.6. The largest absolute Gasteiger partial charge is 0.205 e. The lowest BCUT2D eigenvalue weighted by Gasteiger charge is -2.06. The second-order valence-electron chi connectivity index (χ2n) is 9.77. The van der Waals surface area contributed by atoms with Crippen molar-refractivity contribution in [1.82, 2.24) is 0 Å². The van der Waals surface area contributed by atoms with Crippen LogP contribution in [-0.2, 0) is 12.8 Å². The summed E-state index contributed by atoms with van der Waals surface area (Å²) in [4.78, 5) is 0. The van der Waals surface area contributed by atoms with Gasteiger partial charge in [0.1, 0.15) is 5.82 Å². The van der Waals surface area contributed by atoms with E-state index in [-0.39, 0.29) is 5.82 Å². The third-order valence-corrected chi connectivity index (χ3v) is 6.92. The van der Waals surface area contributed by atoms with Gasteiger partial charge in [0.05, 0.1) is 5.56 Å². The molecule has 0 N–H and O–H groups in total. The fourth-order valence-corrected chi connectivity index (χ4v) is 4.66. The van der Waals surface area contributed by atoms with Crippen LogP contribution in [0.5, 0.6) is 0 Å². The molecule has 0 spiro atoms. The first kappa shape index (κ1) is 25.7. The van der Waals surface area contributed by atoms with Crippen LogP contribution >= 0.6 is 0 Å². The molecule has 0 aromatic heterocycles. The molecule has 0 amide bonds. The molecule has 0 unspecified atom stereocenters. The maximum Gasteiger partial charge on any atom is 0.146 e. The Morgan fingerprint density at radius 3 is 1.94 bits per heavy atom. The van der Waals surface area contributed by atoms with Crippen LogP contribution in [0.1, 0.15) is 81.0 Å². The number of halogens is 1. The van der Waals surface area contributed by atoms with Gasteiger partial charge in [-0.2, -0.15) is 0 Å². The molecular formula is C35H37F.